The minimum absolute atomic E-state index is 0.0307. The predicted octanol–water partition coefficient (Wildman–Crippen LogP) is 3.39. The number of anilines is 1. The molecule has 0 saturated carbocycles. The summed E-state index contributed by atoms with van der Waals surface area (Å²) in [6, 6.07) is 5.73. The van der Waals surface area contributed by atoms with Crippen LogP contribution in [-0.2, 0) is 21.9 Å². The number of carbonyl (C=O) groups excluding carboxylic acids is 1. The van der Waals surface area contributed by atoms with Gasteiger partial charge in [-0.2, -0.15) is 13.2 Å². The lowest BCUT2D eigenvalue weighted by Gasteiger charge is -2.28. The van der Waals surface area contributed by atoms with E-state index in [0.717, 1.165) is 12.1 Å². The van der Waals surface area contributed by atoms with E-state index >= 15 is 0 Å². The molecule has 0 aliphatic carbocycles. The van der Waals surface area contributed by atoms with E-state index in [-0.39, 0.29) is 24.6 Å². The number of aromatic nitrogens is 2. The van der Waals surface area contributed by atoms with Crippen molar-refractivity contribution in [3.8, 4) is 11.5 Å². The highest BCUT2D eigenvalue weighted by molar-refractivity contribution is 6.53. The van der Waals surface area contributed by atoms with Gasteiger partial charge in [-0.3, -0.25) is 4.79 Å². The lowest BCUT2D eigenvalue weighted by Crippen LogP contribution is -2.49. The monoisotopic (exact) mass is 524 g/mol. The van der Waals surface area contributed by atoms with E-state index in [1.54, 1.807) is 31.0 Å². The Morgan fingerprint density at radius 3 is 2.64 bits per heavy atom. The number of carbonyl (C=O) groups is 1. The van der Waals surface area contributed by atoms with E-state index in [4.69, 9.17) is 13.9 Å². The normalized spacial score (nSPS) is 16.4. The van der Waals surface area contributed by atoms with Crippen molar-refractivity contribution in [3.05, 3.63) is 53.1 Å². The Balaban J connectivity index is 1.59. The third-order valence-corrected chi connectivity index (χ3v) is 7.74. The number of likely N-dealkylation sites (N-methyl/N-ethyl adjacent to an activating group) is 1. The van der Waals surface area contributed by atoms with E-state index in [0.29, 0.717) is 52.5 Å². The molecule has 1 saturated heterocycles. The largest absolute Gasteiger partial charge is 0.493 e. The molecule has 1 N–H and O–H groups in total. The number of hydrogen-bond acceptors (Lipinski definition) is 7. The number of benzene rings is 2. The number of rotatable bonds is 7. The number of methoxy groups -OCH3 is 1. The van der Waals surface area contributed by atoms with E-state index in [1.807, 2.05) is 0 Å². The summed E-state index contributed by atoms with van der Waals surface area (Å²) in [6.07, 6.45) is -3.86. The lowest BCUT2D eigenvalue weighted by molar-refractivity contribution is -0.137. The van der Waals surface area contributed by atoms with E-state index < -0.39 is 26.6 Å². The van der Waals surface area contributed by atoms with E-state index in [2.05, 4.69) is 15.3 Å². The second kappa shape index (κ2) is 10.3. The molecule has 1 atom stereocenters. The summed E-state index contributed by atoms with van der Waals surface area (Å²) in [5.41, 5.74) is -0.429. The van der Waals surface area contributed by atoms with Gasteiger partial charge in [-0.15, -0.1) is 0 Å². The molecular weight excluding hydrogens is 500 g/mol. The smallest absolute Gasteiger partial charge is 0.416 e. The van der Waals surface area contributed by atoms with Crippen molar-refractivity contribution >= 4 is 31.7 Å². The van der Waals surface area contributed by atoms with Gasteiger partial charge in [0, 0.05) is 31.2 Å². The molecule has 13 heteroatoms. The number of nitrogens with zero attached hydrogens (tertiary/aromatic N) is 3. The molecule has 1 aliphatic rings. The summed E-state index contributed by atoms with van der Waals surface area (Å²) < 4.78 is 70.1. The van der Waals surface area contributed by atoms with Crippen LogP contribution >= 0.6 is 0 Å². The average molecular weight is 525 g/mol. The number of aryl methyl sites for hydroxylation is 1. The quantitative estimate of drug-likeness (QED) is 0.375. The Morgan fingerprint density at radius 2 is 1.94 bits per heavy atom. The molecule has 36 heavy (non-hydrogen) atoms. The molecular formula is C23H24F4N4O4Si. The van der Waals surface area contributed by atoms with Crippen molar-refractivity contribution in [3.63, 3.8) is 0 Å². The van der Waals surface area contributed by atoms with Gasteiger partial charge in [0.25, 0.3) is 0 Å². The molecule has 0 spiro atoms. The number of halogens is 4. The van der Waals surface area contributed by atoms with Gasteiger partial charge in [-0.1, -0.05) is 0 Å². The van der Waals surface area contributed by atoms with Gasteiger partial charge >= 0.3 is 6.18 Å². The topological polar surface area (TPSA) is 85.8 Å². The first-order valence-electron chi connectivity index (χ1n) is 11.0. The summed E-state index contributed by atoms with van der Waals surface area (Å²) in [7, 11) is 1.38. The number of fused-ring (bicyclic) bond motifs is 1. The fourth-order valence-electron chi connectivity index (χ4n) is 3.80. The highest BCUT2D eigenvalue weighted by Gasteiger charge is 2.31. The SMILES string of the molecule is COc1cc2nc(C)nc(NCc3cc(F)cc(C(F)(F)F)c3)c2cc1OC[Si@@H]1CN(C)C(=O)CO1. The van der Waals surface area contributed by atoms with Gasteiger partial charge in [0.15, 0.2) is 11.5 Å². The molecule has 3 aromatic rings. The first-order valence-corrected chi connectivity index (χ1v) is 13.1. The number of ether oxygens (including phenoxy) is 2. The molecule has 2 heterocycles. The predicted molar refractivity (Wildman–Crippen MR) is 126 cm³/mol. The Morgan fingerprint density at radius 1 is 1.17 bits per heavy atom. The van der Waals surface area contributed by atoms with Crippen molar-refractivity contribution in [1.29, 1.82) is 0 Å². The van der Waals surface area contributed by atoms with Gasteiger partial charge in [0.2, 0.25) is 14.9 Å². The van der Waals surface area contributed by atoms with Crippen molar-refractivity contribution in [2.45, 2.75) is 19.6 Å². The van der Waals surface area contributed by atoms with Crippen LogP contribution in [0.2, 0.25) is 0 Å². The van der Waals surface area contributed by atoms with Crippen LogP contribution < -0.4 is 14.8 Å². The number of hydrogen-bond donors (Lipinski definition) is 1. The minimum atomic E-state index is -4.66. The Hall–Kier alpha value is -3.45. The third-order valence-electron chi connectivity index (χ3n) is 5.61. The Bertz CT molecular complexity index is 1290. The van der Waals surface area contributed by atoms with Crippen molar-refractivity contribution in [2.75, 3.05) is 38.5 Å². The molecule has 192 valence electrons. The maximum Gasteiger partial charge on any atom is 0.416 e. The summed E-state index contributed by atoms with van der Waals surface area (Å²) in [4.78, 5) is 22.1. The Kier molecular flexibility index (Phi) is 7.31. The fourth-order valence-corrected chi connectivity index (χ4v) is 5.67. The van der Waals surface area contributed by atoms with Crippen molar-refractivity contribution in [1.82, 2.24) is 14.9 Å². The molecule has 0 unspecified atom stereocenters. The first kappa shape index (κ1) is 25.6. The standard InChI is InChI=1S/C23H24F4N4O4Si/c1-13-29-18-8-19(33-3)20(34-12-36-11-31(2)21(32)10-35-36)7-17(18)22(30-13)28-9-14-4-15(23(25,26)27)6-16(24)5-14/h4-8,36H,9-12H2,1-3H3,(H,28,29,30)/t36-/m0/s1. The molecule has 1 aromatic heterocycles. The first-order chi connectivity index (χ1) is 17.0. The van der Waals surface area contributed by atoms with Gasteiger partial charge in [0.1, 0.15) is 30.3 Å². The summed E-state index contributed by atoms with van der Waals surface area (Å²) in [5, 5.41) is 3.53. The van der Waals surface area contributed by atoms with Gasteiger partial charge in [-0.25, -0.2) is 14.4 Å². The molecule has 4 rings (SSSR count). The van der Waals surface area contributed by atoms with Crippen molar-refractivity contribution < 1.29 is 36.3 Å². The van der Waals surface area contributed by atoms with Crippen LogP contribution in [0.25, 0.3) is 10.9 Å². The average Bonchev–Trinajstić information content (AvgIpc) is 2.81. The highest BCUT2D eigenvalue weighted by atomic mass is 28.3. The van der Waals surface area contributed by atoms with Crippen LogP contribution in [0.15, 0.2) is 30.3 Å². The molecule has 1 amide bonds. The molecule has 2 aromatic carbocycles. The van der Waals surface area contributed by atoms with Crippen molar-refractivity contribution in [2.24, 2.45) is 0 Å². The minimum Gasteiger partial charge on any atom is -0.493 e. The van der Waals surface area contributed by atoms with Gasteiger partial charge in [0.05, 0.1) is 18.2 Å². The zero-order chi connectivity index (χ0) is 26.0. The van der Waals surface area contributed by atoms with Crippen LogP contribution in [0, 0.1) is 12.7 Å². The second-order valence-electron chi connectivity index (χ2n) is 8.36. The van der Waals surface area contributed by atoms with Gasteiger partial charge in [-0.05, 0) is 36.8 Å². The number of amides is 1. The van der Waals surface area contributed by atoms with Crippen LogP contribution in [0.3, 0.4) is 0 Å². The fraction of sp³-hybridized carbons (Fsp3) is 0.348. The maximum atomic E-state index is 13.8. The molecule has 0 radical (unpaired) electrons. The molecule has 0 bridgehead atoms. The highest BCUT2D eigenvalue weighted by Crippen LogP contribution is 2.35. The molecule has 1 aliphatic heterocycles. The molecule has 8 nitrogen and oxygen atoms in total. The maximum absolute atomic E-state index is 13.8. The zero-order valence-corrected chi connectivity index (χ0v) is 20.9. The van der Waals surface area contributed by atoms with Crippen LogP contribution in [0.5, 0.6) is 11.5 Å². The second-order valence-corrected chi connectivity index (χ2v) is 10.6. The third kappa shape index (κ3) is 5.84. The number of alkyl halides is 3. The van der Waals surface area contributed by atoms with Crippen LogP contribution in [-0.4, -0.2) is 63.0 Å². The zero-order valence-electron chi connectivity index (χ0n) is 19.8. The summed E-state index contributed by atoms with van der Waals surface area (Å²) in [6.45, 7) is 1.61. The summed E-state index contributed by atoms with van der Waals surface area (Å²) >= 11 is 0. The van der Waals surface area contributed by atoms with E-state index in [1.165, 1.54) is 7.11 Å². The van der Waals surface area contributed by atoms with Gasteiger partial charge < -0.3 is 24.1 Å². The van der Waals surface area contributed by atoms with Crippen LogP contribution in [0.1, 0.15) is 17.0 Å². The summed E-state index contributed by atoms with van der Waals surface area (Å²) in [5.74, 6) is 0.547. The van der Waals surface area contributed by atoms with Crippen LogP contribution in [0.4, 0.5) is 23.4 Å². The number of nitrogens with one attached hydrogen (secondary N) is 1. The molecule has 1 fully saturated rings. The Labute approximate surface area is 205 Å². The van der Waals surface area contributed by atoms with E-state index in [9.17, 15) is 22.4 Å². The lowest BCUT2D eigenvalue weighted by atomic mass is 10.1.